The van der Waals surface area contributed by atoms with Crippen LogP contribution in [0.5, 0.6) is 0 Å². The Kier molecular flexibility index (Phi) is 9.34. The summed E-state index contributed by atoms with van der Waals surface area (Å²) >= 11 is 0. The molecule has 2 aliphatic heterocycles. The van der Waals surface area contributed by atoms with Crippen LogP contribution in [0.3, 0.4) is 0 Å². The summed E-state index contributed by atoms with van der Waals surface area (Å²) in [5.74, 6) is 0. The third kappa shape index (κ3) is 7.22. The second-order valence-corrected chi connectivity index (χ2v) is 7.80. The van der Waals surface area contributed by atoms with Gasteiger partial charge in [-0.1, -0.05) is 77.9 Å². The molecule has 0 saturated carbocycles. The topological polar surface area (TPSA) is 74.2 Å². The fourth-order valence-electron chi connectivity index (χ4n) is 3.38. The van der Waals surface area contributed by atoms with Crippen molar-refractivity contribution in [3.63, 3.8) is 0 Å². The highest BCUT2D eigenvalue weighted by molar-refractivity contribution is 5.73. The molecule has 1 unspecified atom stereocenters. The molecule has 4 rings (SSSR count). The van der Waals surface area contributed by atoms with Gasteiger partial charge < -0.3 is 14.6 Å². The minimum atomic E-state index is -0.565. The molecule has 4 atom stereocenters. The van der Waals surface area contributed by atoms with Crippen molar-refractivity contribution in [1.82, 2.24) is 0 Å². The Labute approximate surface area is 189 Å². The lowest BCUT2D eigenvalue weighted by Gasteiger charge is -2.14. The zero-order chi connectivity index (χ0) is 22.8. The van der Waals surface area contributed by atoms with E-state index in [1.807, 2.05) is 43.3 Å². The van der Waals surface area contributed by atoms with Gasteiger partial charge in [0.1, 0.15) is 37.3 Å². The summed E-state index contributed by atoms with van der Waals surface area (Å²) in [6.45, 7) is 5.12. The summed E-state index contributed by atoms with van der Waals surface area (Å²) in [6, 6.07) is 16.2. The van der Waals surface area contributed by atoms with E-state index in [4.69, 9.17) is 19.2 Å². The van der Waals surface area contributed by atoms with Crippen molar-refractivity contribution in [3.05, 3.63) is 82.9 Å². The van der Waals surface area contributed by atoms with E-state index in [-0.39, 0.29) is 18.3 Å². The number of aryl methyl sites for hydroxylation is 2. The van der Waals surface area contributed by atoms with Gasteiger partial charge in [0, 0.05) is 0 Å². The molecule has 6 heteroatoms. The second kappa shape index (κ2) is 12.4. The number of aliphatic hydroxyl groups is 1. The molecule has 2 fully saturated rings. The number of aldehydes is 1. The number of carbonyl (C=O) groups is 1. The predicted octanol–water partition coefficient (Wildman–Crippen LogP) is 3.69. The molecular formula is C26H30O6. The van der Waals surface area contributed by atoms with E-state index in [1.165, 1.54) is 17.2 Å². The molecule has 0 amide bonds. The van der Waals surface area contributed by atoms with Crippen LogP contribution in [-0.4, -0.2) is 55.6 Å². The van der Waals surface area contributed by atoms with Gasteiger partial charge >= 0.3 is 0 Å². The van der Waals surface area contributed by atoms with Crippen LogP contribution in [-0.2, 0) is 24.0 Å². The molecule has 2 heterocycles. The molecule has 0 aliphatic carbocycles. The minimum absolute atomic E-state index is 0.235. The van der Waals surface area contributed by atoms with Gasteiger partial charge in [-0.25, -0.2) is 9.78 Å². The summed E-state index contributed by atoms with van der Waals surface area (Å²) in [6.07, 6.45) is 6.55. The van der Waals surface area contributed by atoms with Crippen LogP contribution >= 0.6 is 0 Å². The Morgan fingerprint density at radius 3 is 2.12 bits per heavy atom. The number of benzene rings is 2. The Balaban J connectivity index is 0.000000222. The summed E-state index contributed by atoms with van der Waals surface area (Å²) < 4.78 is 10.9. The molecule has 0 radical (unpaired) electrons. The summed E-state index contributed by atoms with van der Waals surface area (Å²) in [5, 5.41) is 9.61. The van der Waals surface area contributed by atoms with E-state index < -0.39 is 6.10 Å². The maximum absolute atomic E-state index is 9.96. The molecule has 6 nitrogen and oxygen atoms in total. The molecule has 2 aromatic carbocycles. The number of hydrogen-bond donors (Lipinski definition) is 1. The van der Waals surface area contributed by atoms with Gasteiger partial charge in [0.25, 0.3) is 0 Å². The average molecular weight is 439 g/mol. The van der Waals surface area contributed by atoms with E-state index in [0.717, 1.165) is 17.4 Å². The maximum atomic E-state index is 9.96. The van der Waals surface area contributed by atoms with Gasteiger partial charge in [0.2, 0.25) is 0 Å². The van der Waals surface area contributed by atoms with Crippen LogP contribution in [0.1, 0.15) is 22.3 Å². The van der Waals surface area contributed by atoms with Crippen molar-refractivity contribution in [2.75, 3.05) is 19.8 Å². The second-order valence-electron chi connectivity index (χ2n) is 7.80. The van der Waals surface area contributed by atoms with Gasteiger partial charge in [0.15, 0.2) is 0 Å². The first-order valence-electron chi connectivity index (χ1n) is 10.7. The molecule has 32 heavy (non-hydrogen) atoms. The van der Waals surface area contributed by atoms with E-state index in [1.54, 1.807) is 6.08 Å². The van der Waals surface area contributed by atoms with Gasteiger partial charge in [0.05, 0.1) is 13.2 Å². The number of rotatable bonds is 7. The van der Waals surface area contributed by atoms with Crippen molar-refractivity contribution in [2.24, 2.45) is 0 Å². The highest BCUT2D eigenvalue weighted by Crippen LogP contribution is 2.28. The first-order chi connectivity index (χ1) is 15.6. The number of fused-ring (bicyclic) bond motifs is 1. The van der Waals surface area contributed by atoms with Gasteiger partial charge in [-0.15, -0.1) is 0 Å². The van der Waals surface area contributed by atoms with E-state index in [0.29, 0.717) is 19.8 Å². The molecule has 0 bridgehead atoms. The van der Waals surface area contributed by atoms with Gasteiger partial charge in [-0.3, -0.25) is 4.79 Å². The first kappa shape index (κ1) is 24.0. The van der Waals surface area contributed by atoms with Crippen molar-refractivity contribution in [3.8, 4) is 0 Å². The Bertz CT molecular complexity index is 888. The van der Waals surface area contributed by atoms with Crippen molar-refractivity contribution in [1.29, 1.82) is 0 Å². The van der Waals surface area contributed by atoms with E-state index in [9.17, 15) is 9.90 Å². The maximum Gasteiger partial charge on any atom is 0.145 e. The van der Waals surface area contributed by atoms with E-state index in [2.05, 4.69) is 31.2 Å². The molecule has 0 aromatic heterocycles. The van der Waals surface area contributed by atoms with Crippen molar-refractivity contribution >= 4 is 18.4 Å². The molecular weight excluding hydrogens is 408 g/mol. The normalized spacial score (nSPS) is 24.5. The van der Waals surface area contributed by atoms with Crippen LogP contribution in [0.4, 0.5) is 0 Å². The quantitative estimate of drug-likeness (QED) is 0.234. The van der Waals surface area contributed by atoms with Crippen LogP contribution in [0.2, 0.25) is 0 Å². The summed E-state index contributed by atoms with van der Waals surface area (Å²) in [5.41, 5.74) is 4.65. The Hall–Kier alpha value is -2.61. The van der Waals surface area contributed by atoms with Crippen LogP contribution in [0.25, 0.3) is 12.2 Å². The van der Waals surface area contributed by atoms with E-state index >= 15 is 0 Å². The monoisotopic (exact) mass is 438 g/mol. The van der Waals surface area contributed by atoms with Crippen LogP contribution in [0, 0.1) is 13.8 Å². The third-order valence-electron chi connectivity index (χ3n) is 5.17. The van der Waals surface area contributed by atoms with Gasteiger partial charge in [-0.2, -0.15) is 0 Å². The summed E-state index contributed by atoms with van der Waals surface area (Å²) in [7, 11) is 0. The lowest BCUT2D eigenvalue weighted by Crippen LogP contribution is -2.32. The zero-order valence-electron chi connectivity index (χ0n) is 18.4. The average Bonchev–Trinajstić information content (AvgIpc) is 3.38. The molecule has 170 valence electrons. The van der Waals surface area contributed by atoms with Gasteiger partial charge in [-0.05, 0) is 31.1 Å². The fourth-order valence-corrected chi connectivity index (χ4v) is 3.38. The number of carbonyl (C=O) groups excluding carboxylic acids is 1. The third-order valence-corrected chi connectivity index (χ3v) is 5.17. The lowest BCUT2D eigenvalue weighted by atomic mass is 10.1. The minimum Gasteiger partial charge on any atom is -0.388 e. The highest BCUT2D eigenvalue weighted by Gasteiger charge is 2.48. The SMILES string of the molecule is Cc1ccc(/C=C/C=O)cc1.Cc1ccc(/C=C/COO[C@H]2CO[C@@H]3C(O)CO[C@H]23)cc1. The number of aliphatic hydroxyl groups excluding tert-OH is 1. The molecule has 2 aliphatic rings. The smallest absolute Gasteiger partial charge is 0.145 e. The predicted molar refractivity (Wildman–Crippen MR) is 123 cm³/mol. The first-order valence-corrected chi connectivity index (χ1v) is 10.7. The van der Waals surface area contributed by atoms with Crippen molar-refractivity contribution < 1.29 is 29.1 Å². The standard InChI is InChI=1S/C16H20O5.C10H10O/c1-11-4-6-12(7-5-11)3-2-8-20-21-14-10-19-15-13(17)9-18-16(14)15;1-9-4-6-10(7-5-9)3-2-8-11/h2-7,13-17H,8-10H2,1H3;2-8H,1H3/b2*3-2+/t13?,14-,15+,16+;/m0./s1. The number of allylic oxidation sites excluding steroid dienone is 1. The zero-order valence-corrected chi connectivity index (χ0v) is 18.4. The Morgan fingerprint density at radius 2 is 1.50 bits per heavy atom. The number of hydrogen-bond acceptors (Lipinski definition) is 6. The lowest BCUT2D eigenvalue weighted by molar-refractivity contribution is -0.326. The number of ether oxygens (including phenoxy) is 2. The highest BCUT2D eigenvalue weighted by atomic mass is 17.2. The fraction of sp³-hybridized carbons (Fsp3) is 0.346. The summed E-state index contributed by atoms with van der Waals surface area (Å²) in [4.78, 5) is 20.4. The molecule has 2 aromatic rings. The Morgan fingerprint density at radius 1 is 0.906 bits per heavy atom. The molecule has 1 N–H and O–H groups in total. The van der Waals surface area contributed by atoms with Crippen LogP contribution < -0.4 is 0 Å². The molecule has 0 spiro atoms. The van der Waals surface area contributed by atoms with Crippen molar-refractivity contribution in [2.45, 2.75) is 38.3 Å². The molecule has 2 saturated heterocycles. The van der Waals surface area contributed by atoms with Crippen LogP contribution in [0.15, 0.2) is 60.7 Å². The largest absolute Gasteiger partial charge is 0.388 e.